The van der Waals surface area contributed by atoms with Crippen LogP contribution in [0.1, 0.15) is 24.4 Å². The monoisotopic (exact) mass is 292 g/mol. The zero-order chi connectivity index (χ0) is 9.26. The van der Waals surface area contributed by atoms with Crippen LogP contribution in [0, 0.1) is 10.6 Å². The summed E-state index contributed by atoms with van der Waals surface area (Å²) < 4.78 is 8.53. The average Bonchev–Trinajstić information content (AvgIpc) is 2.49. The minimum atomic E-state index is 0.552. The molecule has 3 nitrogen and oxygen atoms in total. The number of nitrogens with zero attached hydrogens (tertiary/aromatic N) is 2. The molecule has 1 aliphatic heterocycles. The van der Waals surface area contributed by atoms with Gasteiger partial charge in [0.2, 0.25) is 0 Å². The van der Waals surface area contributed by atoms with Crippen molar-refractivity contribution >= 4 is 22.6 Å². The number of hydrogen-bond acceptors (Lipinski definition) is 2. The van der Waals surface area contributed by atoms with Crippen LogP contribution in [0.4, 0.5) is 0 Å². The zero-order valence-electron chi connectivity index (χ0n) is 7.66. The molecule has 4 heteroatoms. The number of halogens is 1. The van der Waals surface area contributed by atoms with Gasteiger partial charge in [0.25, 0.3) is 0 Å². The second-order valence-corrected chi connectivity index (χ2v) is 4.45. The van der Waals surface area contributed by atoms with Gasteiger partial charge in [-0.05, 0) is 42.4 Å². The SMILES string of the molecule is Cc1cn(C2CCOCC2)nc1I. The summed E-state index contributed by atoms with van der Waals surface area (Å²) in [4.78, 5) is 0. The number of aromatic nitrogens is 2. The maximum Gasteiger partial charge on any atom is 0.126 e. The Balaban J connectivity index is 2.14. The van der Waals surface area contributed by atoms with Crippen molar-refractivity contribution in [1.82, 2.24) is 9.78 Å². The molecule has 13 heavy (non-hydrogen) atoms. The second kappa shape index (κ2) is 3.96. The molecule has 2 rings (SSSR count). The highest BCUT2D eigenvalue weighted by Crippen LogP contribution is 2.21. The number of rotatable bonds is 1. The summed E-state index contributed by atoms with van der Waals surface area (Å²) in [6.07, 6.45) is 4.33. The quantitative estimate of drug-likeness (QED) is 0.742. The Morgan fingerprint density at radius 1 is 1.54 bits per heavy atom. The van der Waals surface area contributed by atoms with Gasteiger partial charge in [-0.1, -0.05) is 0 Å². The first-order valence-electron chi connectivity index (χ1n) is 4.56. The third-order valence-corrected chi connectivity index (χ3v) is 3.49. The van der Waals surface area contributed by atoms with E-state index >= 15 is 0 Å². The first-order valence-corrected chi connectivity index (χ1v) is 5.64. The zero-order valence-corrected chi connectivity index (χ0v) is 9.82. The average molecular weight is 292 g/mol. The summed E-state index contributed by atoms with van der Waals surface area (Å²) in [5, 5.41) is 4.48. The van der Waals surface area contributed by atoms with Crippen LogP contribution in [-0.2, 0) is 4.74 Å². The van der Waals surface area contributed by atoms with Crippen LogP contribution < -0.4 is 0 Å². The molecule has 1 aliphatic rings. The molecule has 0 atom stereocenters. The summed E-state index contributed by atoms with van der Waals surface area (Å²) in [6, 6.07) is 0.552. The van der Waals surface area contributed by atoms with Crippen LogP contribution in [0.25, 0.3) is 0 Å². The predicted molar refractivity (Wildman–Crippen MR) is 58.8 cm³/mol. The number of aryl methyl sites for hydroxylation is 1. The normalized spacial score (nSPS) is 19.2. The van der Waals surface area contributed by atoms with E-state index in [0.717, 1.165) is 29.8 Å². The summed E-state index contributed by atoms with van der Waals surface area (Å²) >= 11 is 2.28. The topological polar surface area (TPSA) is 27.1 Å². The highest BCUT2D eigenvalue weighted by Gasteiger charge is 2.16. The summed E-state index contributed by atoms with van der Waals surface area (Å²) in [7, 11) is 0. The van der Waals surface area contributed by atoms with E-state index in [-0.39, 0.29) is 0 Å². The Bertz CT molecular complexity index is 272. The molecule has 0 amide bonds. The molecule has 0 aliphatic carbocycles. The Hall–Kier alpha value is -0.100. The standard InChI is InChI=1S/C9H13IN2O/c1-7-6-12(11-9(7)10)8-2-4-13-5-3-8/h6,8H,2-5H2,1H3. The van der Waals surface area contributed by atoms with E-state index < -0.39 is 0 Å². The molecular weight excluding hydrogens is 279 g/mol. The highest BCUT2D eigenvalue weighted by molar-refractivity contribution is 14.1. The molecule has 0 spiro atoms. The van der Waals surface area contributed by atoms with Crippen LogP contribution in [0.3, 0.4) is 0 Å². The highest BCUT2D eigenvalue weighted by atomic mass is 127. The molecule has 1 aromatic rings. The third kappa shape index (κ3) is 2.04. The van der Waals surface area contributed by atoms with Gasteiger partial charge in [-0.3, -0.25) is 4.68 Å². The third-order valence-electron chi connectivity index (χ3n) is 2.42. The van der Waals surface area contributed by atoms with Crippen LogP contribution in [0.5, 0.6) is 0 Å². The van der Waals surface area contributed by atoms with Crippen molar-refractivity contribution in [1.29, 1.82) is 0 Å². The first-order chi connectivity index (χ1) is 6.27. The maximum atomic E-state index is 5.32. The molecule has 1 fully saturated rings. The van der Waals surface area contributed by atoms with Crippen molar-refractivity contribution in [3.63, 3.8) is 0 Å². The van der Waals surface area contributed by atoms with Gasteiger partial charge >= 0.3 is 0 Å². The molecule has 0 bridgehead atoms. The molecule has 0 N–H and O–H groups in total. The Labute approximate surface area is 91.6 Å². The van der Waals surface area contributed by atoms with Gasteiger partial charge in [0.15, 0.2) is 0 Å². The van der Waals surface area contributed by atoms with E-state index in [0.29, 0.717) is 6.04 Å². The molecular formula is C9H13IN2O. The fourth-order valence-corrected chi connectivity index (χ4v) is 1.99. The Kier molecular flexibility index (Phi) is 2.88. The molecule has 2 heterocycles. The lowest BCUT2D eigenvalue weighted by Gasteiger charge is -2.22. The minimum absolute atomic E-state index is 0.552. The molecule has 1 saturated heterocycles. The Morgan fingerprint density at radius 2 is 2.23 bits per heavy atom. The lowest BCUT2D eigenvalue weighted by atomic mass is 10.1. The fourth-order valence-electron chi connectivity index (χ4n) is 1.60. The van der Waals surface area contributed by atoms with Crippen molar-refractivity contribution in [3.8, 4) is 0 Å². The van der Waals surface area contributed by atoms with E-state index in [2.05, 4.69) is 45.5 Å². The van der Waals surface area contributed by atoms with Gasteiger partial charge in [-0.15, -0.1) is 0 Å². The molecule has 0 aromatic carbocycles. The van der Waals surface area contributed by atoms with Gasteiger partial charge in [0, 0.05) is 25.0 Å². The Morgan fingerprint density at radius 3 is 2.77 bits per heavy atom. The van der Waals surface area contributed by atoms with Crippen LogP contribution in [-0.4, -0.2) is 23.0 Å². The molecule has 72 valence electrons. The molecule has 1 aromatic heterocycles. The van der Waals surface area contributed by atoms with Gasteiger partial charge < -0.3 is 4.74 Å². The summed E-state index contributed by atoms with van der Waals surface area (Å²) in [5.41, 5.74) is 1.27. The van der Waals surface area contributed by atoms with Crippen LogP contribution >= 0.6 is 22.6 Å². The van der Waals surface area contributed by atoms with Crippen molar-refractivity contribution in [2.24, 2.45) is 0 Å². The fraction of sp³-hybridized carbons (Fsp3) is 0.667. The number of ether oxygens (including phenoxy) is 1. The molecule has 0 radical (unpaired) electrons. The lowest BCUT2D eigenvalue weighted by molar-refractivity contribution is 0.0661. The van der Waals surface area contributed by atoms with E-state index in [1.165, 1.54) is 5.56 Å². The minimum Gasteiger partial charge on any atom is -0.381 e. The predicted octanol–water partition coefficient (Wildman–Crippen LogP) is 2.15. The van der Waals surface area contributed by atoms with Crippen molar-refractivity contribution in [2.45, 2.75) is 25.8 Å². The van der Waals surface area contributed by atoms with E-state index in [4.69, 9.17) is 4.74 Å². The smallest absolute Gasteiger partial charge is 0.126 e. The summed E-state index contributed by atoms with van der Waals surface area (Å²) in [6.45, 7) is 3.85. The molecule has 0 unspecified atom stereocenters. The van der Waals surface area contributed by atoms with Crippen molar-refractivity contribution < 1.29 is 4.74 Å². The van der Waals surface area contributed by atoms with E-state index in [9.17, 15) is 0 Å². The van der Waals surface area contributed by atoms with Gasteiger partial charge in [-0.2, -0.15) is 5.10 Å². The summed E-state index contributed by atoms with van der Waals surface area (Å²) in [5.74, 6) is 0. The number of hydrogen-bond donors (Lipinski definition) is 0. The van der Waals surface area contributed by atoms with Crippen molar-refractivity contribution in [2.75, 3.05) is 13.2 Å². The van der Waals surface area contributed by atoms with Gasteiger partial charge in [0.1, 0.15) is 3.70 Å². The largest absolute Gasteiger partial charge is 0.381 e. The second-order valence-electron chi connectivity index (χ2n) is 3.43. The van der Waals surface area contributed by atoms with Crippen molar-refractivity contribution in [3.05, 3.63) is 15.5 Å². The molecule has 0 saturated carbocycles. The van der Waals surface area contributed by atoms with E-state index in [1.54, 1.807) is 0 Å². The maximum absolute atomic E-state index is 5.32. The van der Waals surface area contributed by atoms with Crippen LogP contribution in [0.15, 0.2) is 6.20 Å². The first kappa shape index (κ1) is 9.45. The van der Waals surface area contributed by atoms with E-state index in [1.807, 2.05) is 0 Å². The van der Waals surface area contributed by atoms with Gasteiger partial charge in [-0.25, -0.2) is 0 Å². The lowest BCUT2D eigenvalue weighted by Crippen LogP contribution is -2.19. The van der Waals surface area contributed by atoms with Crippen LogP contribution in [0.2, 0.25) is 0 Å². The van der Waals surface area contributed by atoms with Gasteiger partial charge in [0.05, 0.1) is 6.04 Å².